The maximum absolute atomic E-state index is 11.6. The first-order valence-corrected chi connectivity index (χ1v) is 5.22. The molecule has 0 aliphatic rings. The molecule has 68 valence electrons. The average molecular weight is 201 g/mol. The molecule has 2 heterocycles. The number of pyridine rings is 1. The topological polar surface area (TPSA) is 32.9 Å². The zero-order valence-corrected chi connectivity index (χ0v) is 8.10. The molecule has 0 saturated carbocycles. The molecular formula is C11H7NOS. The lowest BCUT2D eigenvalue weighted by Gasteiger charge is -1.97. The Bertz CT molecular complexity index is 665. The van der Waals surface area contributed by atoms with E-state index < -0.39 is 0 Å². The molecule has 0 atom stereocenters. The summed E-state index contributed by atoms with van der Waals surface area (Å²) in [6.45, 7) is 0. The van der Waals surface area contributed by atoms with E-state index >= 15 is 0 Å². The lowest BCUT2D eigenvalue weighted by molar-refractivity contribution is 1.35. The van der Waals surface area contributed by atoms with Gasteiger partial charge in [-0.15, -0.1) is 11.3 Å². The molecule has 0 amide bonds. The summed E-state index contributed by atoms with van der Waals surface area (Å²) in [4.78, 5) is 14.5. The second-order valence-electron chi connectivity index (χ2n) is 3.16. The lowest BCUT2D eigenvalue weighted by atomic mass is 10.2. The van der Waals surface area contributed by atoms with Gasteiger partial charge in [-0.25, -0.2) is 0 Å². The summed E-state index contributed by atoms with van der Waals surface area (Å²) in [7, 11) is 0. The van der Waals surface area contributed by atoms with Gasteiger partial charge in [-0.3, -0.25) is 4.79 Å². The first-order chi connectivity index (χ1) is 6.86. The van der Waals surface area contributed by atoms with Gasteiger partial charge in [-0.2, -0.15) is 0 Å². The van der Waals surface area contributed by atoms with Crippen molar-refractivity contribution in [1.29, 1.82) is 0 Å². The van der Waals surface area contributed by atoms with Crippen LogP contribution in [0.15, 0.2) is 40.5 Å². The highest BCUT2D eigenvalue weighted by molar-refractivity contribution is 7.18. The summed E-state index contributed by atoms with van der Waals surface area (Å²) in [5.74, 6) is 0. The van der Waals surface area contributed by atoms with Crippen molar-refractivity contribution in [2.75, 3.05) is 0 Å². The van der Waals surface area contributed by atoms with Crippen molar-refractivity contribution in [1.82, 2.24) is 4.98 Å². The number of aromatic amines is 1. The molecule has 0 saturated heterocycles. The van der Waals surface area contributed by atoms with Gasteiger partial charge in [0.15, 0.2) is 0 Å². The van der Waals surface area contributed by atoms with Crippen LogP contribution in [0.5, 0.6) is 0 Å². The van der Waals surface area contributed by atoms with Crippen LogP contribution < -0.4 is 5.56 Å². The van der Waals surface area contributed by atoms with Gasteiger partial charge in [-0.1, -0.05) is 18.2 Å². The molecule has 1 N–H and O–H groups in total. The minimum absolute atomic E-state index is 0.0000463. The number of hydrogen-bond donors (Lipinski definition) is 1. The monoisotopic (exact) mass is 201 g/mol. The summed E-state index contributed by atoms with van der Waals surface area (Å²) < 4.78 is 1.07. The SMILES string of the molecule is O=c1[nH]c2ccccc2c2sccc12. The van der Waals surface area contributed by atoms with Crippen molar-refractivity contribution in [2.45, 2.75) is 0 Å². The predicted molar refractivity (Wildman–Crippen MR) is 60.0 cm³/mol. The number of H-pyrrole nitrogens is 1. The fourth-order valence-corrected chi connectivity index (χ4v) is 2.61. The van der Waals surface area contributed by atoms with E-state index in [9.17, 15) is 4.79 Å². The Morgan fingerprint density at radius 1 is 1.07 bits per heavy atom. The largest absolute Gasteiger partial charge is 0.321 e. The maximum atomic E-state index is 11.6. The fraction of sp³-hybridized carbons (Fsp3) is 0. The van der Waals surface area contributed by atoms with E-state index in [4.69, 9.17) is 0 Å². The van der Waals surface area contributed by atoms with Gasteiger partial charge in [0.25, 0.3) is 5.56 Å². The molecule has 2 nitrogen and oxygen atoms in total. The summed E-state index contributed by atoms with van der Waals surface area (Å²) in [5.41, 5.74) is 0.910. The summed E-state index contributed by atoms with van der Waals surface area (Å²) in [6, 6.07) is 9.74. The van der Waals surface area contributed by atoms with Crippen molar-refractivity contribution in [3.63, 3.8) is 0 Å². The number of hydrogen-bond acceptors (Lipinski definition) is 2. The number of nitrogens with one attached hydrogen (secondary N) is 1. The first kappa shape index (κ1) is 7.76. The van der Waals surface area contributed by atoms with Crippen LogP contribution in [0.25, 0.3) is 21.0 Å². The summed E-state index contributed by atoms with van der Waals surface area (Å²) in [5, 5.41) is 3.86. The van der Waals surface area contributed by atoms with E-state index in [-0.39, 0.29) is 5.56 Å². The van der Waals surface area contributed by atoms with Gasteiger partial charge >= 0.3 is 0 Å². The number of benzene rings is 1. The third kappa shape index (κ3) is 0.930. The first-order valence-electron chi connectivity index (χ1n) is 4.34. The van der Waals surface area contributed by atoms with Crippen molar-refractivity contribution in [3.8, 4) is 0 Å². The third-order valence-corrected chi connectivity index (χ3v) is 3.28. The highest BCUT2D eigenvalue weighted by Gasteiger charge is 2.04. The average Bonchev–Trinajstić information content (AvgIpc) is 2.67. The van der Waals surface area contributed by atoms with Crippen LogP contribution >= 0.6 is 11.3 Å². The van der Waals surface area contributed by atoms with Crippen LogP contribution in [-0.2, 0) is 0 Å². The van der Waals surface area contributed by atoms with Crippen LogP contribution in [0, 0.1) is 0 Å². The highest BCUT2D eigenvalue weighted by atomic mass is 32.1. The molecule has 0 unspecified atom stereocenters. The second kappa shape index (κ2) is 2.69. The molecule has 0 bridgehead atoms. The minimum Gasteiger partial charge on any atom is -0.321 e. The number of rotatable bonds is 0. The lowest BCUT2D eigenvalue weighted by Crippen LogP contribution is -2.04. The van der Waals surface area contributed by atoms with Gasteiger partial charge < -0.3 is 4.98 Å². The molecular weight excluding hydrogens is 194 g/mol. The molecule has 0 aliphatic heterocycles. The third-order valence-electron chi connectivity index (χ3n) is 2.33. The smallest absolute Gasteiger partial charge is 0.257 e. The Balaban J connectivity index is 2.73. The number of fused-ring (bicyclic) bond motifs is 3. The summed E-state index contributed by atoms with van der Waals surface area (Å²) >= 11 is 1.61. The quantitative estimate of drug-likeness (QED) is 0.596. The van der Waals surface area contributed by atoms with Gasteiger partial charge in [0.2, 0.25) is 0 Å². The van der Waals surface area contributed by atoms with E-state index in [0.717, 1.165) is 21.0 Å². The van der Waals surface area contributed by atoms with Crippen molar-refractivity contribution >= 4 is 32.3 Å². The number of para-hydroxylation sites is 1. The molecule has 0 aliphatic carbocycles. The van der Waals surface area contributed by atoms with Crippen molar-refractivity contribution in [2.24, 2.45) is 0 Å². The molecule has 1 aromatic carbocycles. The maximum Gasteiger partial charge on any atom is 0.257 e. The molecule has 14 heavy (non-hydrogen) atoms. The second-order valence-corrected chi connectivity index (χ2v) is 4.08. The number of thiophene rings is 1. The van der Waals surface area contributed by atoms with Crippen LogP contribution in [-0.4, -0.2) is 4.98 Å². The Hall–Kier alpha value is -1.61. The molecule has 3 heteroatoms. The Morgan fingerprint density at radius 3 is 2.86 bits per heavy atom. The highest BCUT2D eigenvalue weighted by Crippen LogP contribution is 2.25. The molecule has 0 spiro atoms. The number of aromatic nitrogens is 1. The molecule has 3 rings (SSSR count). The molecule has 3 aromatic rings. The predicted octanol–water partition coefficient (Wildman–Crippen LogP) is 2.74. The Morgan fingerprint density at radius 2 is 1.93 bits per heavy atom. The van der Waals surface area contributed by atoms with E-state index in [2.05, 4.69) is 4.98 Å². The standard InChI is InChI=1S/C11H7NOS/c13-11-8-5-6-14-10(8)7-3-1-2-4-9(7)12-11/h1-6H,(H,12,13). The van der Waals surface area contributed by atoms with Gasteiger partial charge in [0, 0.05) is 15.6 Å². The fourth-order valence-electron chi connectivity index (χ4n) is 1.68. The van der Waals surface area contributed by atoms with E-state index in [0.29, 0.717) is 0 Å². The van der Waals surface area contributed by atoms with Crippen molar-refractivity contribution in [3.05, 3.63) is 46.1 Å². The minimum atomic E-state index is -0.0000463. The molecule has 2 aromatic heterocycles. The van der Waals surface area contributed by atoms with E-state index in [1.165, 1.54) is 0 Å². The van der Waals surface area contributed by atoms with E-state index in [1.54, 1.807) is 11.3 Å². The van der Waals surface area contributed by atoms with Crippen LogP contribution in [0.2, 0.25) is 0 Å². The summed E-state index contributed by atoms with van der Waals surface area (Å²) in [6.07, 6.45) is 0. The zero-order valence-electron chi connectivity index (χ0n) is 7.28. The molecule has 0 fully saturated rings. The molecule has 0 radical (unpaired) electrons. The zero-order chi connectivity index (χ0) is 9.54. The van der Waals surface area contributed by atoms with Gasteiger partial charge in [-0.05, 0) is 17.5 Å². The van der Waals surface area contributed by atoms with E-state index in [1.807, 2.05) is 35.7 Å². The van der Waals surface area contributed by atoms with Gasteiger partial charge in [0.1, 0.15) is 0 Å². The Labute approximate surface area is 83.8 Å². The Kier molecular flexibility index (Phi) is 1.49. The van der Waals surface area contributed by atoms with Crippen LogP contribution in [0.3, 0.4) is 0 Å². The normalized spacial score (nSPS) is 11.1. The van der Waals surface area contributed by atoms with Crippen LogP contribution in [0.1, 0.15) is 0 Å². The van der Waals surface area contributed by atoms with Crippen molar-refractivity contribution < 1.29 is 0 Å². The van der Waals surface area contributed by atoms with Crippen LogP contribution in [0.4, 0.5) is 0 Å². The van der Waals surface area contributed by atoms with Gasteiger partial charge in [0.05, 0.1) is 5.39 Å².